The van der Waals surface area contributed by atoms with Gasteiger partial charge in [0.05, 0.1) is 26.3 Å². The summed E-state index contributed by atoms with van der Waals surface area (Å²) in [4.78, 5) is 43.2. The number of fused-ring (bicyclic) bond motifs is 1. The van der Waals surface area contributed by atoms with Crippen LogP contribution in [0, 0.1) is 11.7 Å². The summed E-state index contributed by atoms with van der Waals surface area (Å²) in [5.41, 5.74) is 0.643. The third-order valence-corrected chi connectivity index (χ3v) is 5.72. The van der Waals surface area contributed by atoms with E-state index in [2.05, 4.69) is 15.4 Å². The zero-order chi connectivity index (χ0) is 27.6. The normalized spacial score (nSPS) is 15.5. The SMILES string of the molecule is COc1cc2nccc(Oc3ccc(NC(=O)C4N=[N+](C)C(=O)N(CC(C)C)C4=O)cc3F)c2cc1OC. The van der Waals surface area contributed by atoms with Crippen LogP contribution in [0.15, 0.2) is 47.7 Å². The molecule has 1 aromatic heterocycles. The van der Waals surface area contributed by atoms with E-state index in [1.165, 1.54) is 39.6 Å². The third-order valence-electron chi connectivity index (χ3n) is 5.72. The van der Waals surface area contributed by atoms with Crippen molar-refractivity contribution >= 4 is 34.4 Å². The molecule has 2 aromatic carbocycles. The van der Waals surface area contributed by atoms with Gasteiger partial charge in [-0.1, -0.05) is 19.0 Å². The van der Waals surface area contributed by atoms with Gasteiger partial charge in [-0.3, -0.25) is 9.78 Å². The van der Waals surface area contributed by atoms with Crippen molar-refractivity contribution in [3.05, 3.63) is 48.4 Å². The largest absolute Gasteiger partial charge is 0.520 e. The summed E-state index contributed by atoms with van der Waals surface area (Å²) in [6, 6.07) is 6.69. The number of rotatable bonds is 8. The van der Waals surface area contributed by atoms with Gasteiger partial charge in [-0.25, -0.2) is 9.18 Å². The molecule has 0 fully saturated rings. The summed E-state index contributed by atoms with van der Waals surface area (Å²) in [5.74, 6) is -1.11. The van der Waals surface area contributed by atoms with Crippen molar-refractivity contribution in [3.63, 3.8) is 0 Å². The lowest BCUT2D eigenvalue weighted by molar-refractivity contribution is -0.482. The van der Waals surface area contributed by atoms with Crippen LogP contribution in [0.25, 0.3) is 10.9 Å². The standard InChI is InChI=1S/C26H26FN5O6/c1-14(2)13-32-25(34)23(30-31(3)26(32)35)24(33)29-15-6-7-20(17(27)10-15)38-19-8-9-28-18-12-22(37-5)21(36-4)11-16(18)19/h6-12,14,23H,13H2,1-5H3/p+1. The van der Waals surface area contributed by atoms with Gasteiger partial charge in [0.2, 0.25) is 0 Å². The van der Waals surface area contributed by atoms with E-state index in [0.29, 0.717) is 28.2 Å². The summed E-state index contributed by atoms with van der Waals surface area (Å²) in [7, 11) is 4.37. The fourth-order valence-corrected chi connectivity index (χ4v) is 3.91. The number of carbonyl (C=O) groups excluding carboxylic acids is 3. The first-order chi connectivity index (χ1) is 18.1. The van der Waals surface area contributed by atoms with Crippen molar-refractivity contribution in [2.75, 3.05) is 33.1 Å². The number of amides is 4. The first kappa shape index (κ1) is 26.5. The van der Waals surface area contributed by atoms with Gasteiger partial charge in [-0.05, 0) is 30.2 Å². The van der Waals surface area contributed by atoms with E-state index < -0.39 is 29.7 Å². The number of ether oxygens (including phenoxy) is 3. The molecular formula is C26H27FN5O6+. The molecule has 0 radical (unpaired) electrons. The summed E-state index contributed by atoms with van der Waals surface area (Å²) < 4.78 is 32.4. The molecule has 38 heavy (non-hydrogen) atoms. The van der Waals surface area contributed by atoms with Crippen LogP contribution in [0.2, 0.25) is 0 Å². The first-order valence-corrected chi connectivity index (χ1v) is 11.7. The summed E-state index contributed by atoms with van der Waals surface area (Å²) >= 11 is 0. The van der Waals surface area contributed by atoms with Crippen LogP contribution < -0.4 is 19.5 Å². The van der Waals surface area contributed by atoms with Crippen molar-refractivity contribution in [2.24, 2.45) is 11.0 Å². The lowest BCUT2D eigenvalue weighted by Gasteiger charge is -2.21. The number of aromatic nitrogens is 1. The minimum Gasteiger partial charge on any atom is -0.493 e. The highest BCUT2D eigenvalue weighted by molar-refractivity contribution is 6.13. The number of benzene rings is 2. The Morgan fingerprint density at radius 2 is 1.79 bits per heavy atom. The van der Waals surface area contributed by atoms with Crippen LogP contribution in [-0.4, -0.2) is 66.3 Å². The van der Waals surface area contributed by atoms with Gasteiger partial charge in [0.25, 0.3) is 11.9 Å². The molecule has 2 heterocycles. The van der Waals surface area contributed by atoms with Crippen LogP contribution in [0.3, 0.4) is 0 Å². The van der Waals surface area contributed by atoms with Crippen LogP contribution in [0.4, 0.5) is 14.9 Å². The number of pyridine rings is 1. The molecule has 4 amide bonds. The molecule has 4 rings (SSSR count). The number of carbonyl (C=O) groups is 3. The Morgan fingerprint density at radius 1 is 1.08 bits per heavy atom. The second-order valence-corrected chi connectivity index (χ2v) is 8.94. The summed E-state index contributed by atoms with van der Waals surface area (Å²) in [5, 5.41) is 6.95. The van der Waals surface area contributed by atoms with E-state index in [4.69, 9.17) is 14.2 Å². The van der Waals surface area contributed by atoms with Gasteiger partial charge < -0.3 is 19.5 Å². The molecule has 198 valence electrons. The molecule has 0 bridgehead atoms. The Morgan fingerprint density at radius 3 is 2.45 bits per heavy atom. The van der Waals surface area contributed by atoms with Crippen LogP contribution >= 0.6 is 0 Å². The van der Waals surface area contributed by atoms with Crippen LogP contribution in [-0.2, 0) is 9.59 Å². The fourth-order valence-electron chi connectivity index (χ4n) is 3.91. The minimum absolute atomic E-state index is 0.000355. The number of imide groups is 1. The second-order valence-electron chi connectivity index (χ2n) is 8.94. The summed E-state index contributed by atoms with van der Waals surface area (Å²) in [6.45, 7) is 3.83. The lowest BCUT2D eigenvalue weighted by Crippen LogP contribution is -2.54. The molecule has 1 N–H and O–H groups in total. The minimum atomic E-state index is -1.48. The average molecular weight is 525 g/mol. The monoisotopic (exact) mass is 524 g/mol. The number of halogens is 1. The number of methoxy groups -OCH3 is 2. The molecule has 11 nitrogen and oxygen atoms in total. The number of nitrogens with zero attached hydrogens (tertiary/aromatic N) is 4. The zero-order valence-corrected chi connectivity index (χ0v) is 21.5. The highest BCUT2D eigenvalue weighted by Crippen LogP contribution is 2.37. The molecule has 0 saturated carbocycles. The smallest absolute Gasteiger partial charge is 0.493 e. The molecule has 1 unspecified atom stereocenters. The third kappa shape index (κ3) is 5.24. The van der Waals surface area contributed by atoms with Crippen LogP contribution in [0.1, 0.15) is 13.8 Å². The molecule has 1 aliphatic heterocycles. The number of azo groups is 2. The molecule has 0 spiro atoms. The molecule has 12 heteroatoms. The van der Waals surface area contributed by atoms with Crippen LogP contribution in [0.5, 0.6) is 23.0 Å². The van der Waals surface area contributed by atoms with Crippen molar-refractivity contribution in [2.45, 2.75) is 19.9 Å². The predicted octanol–water partition coefficient (Wildman–Crippen LogP) is 4.20. The Labute approximate surface area is 217 Å². The molecule has 1 atom stereocenters. The summed E-state index contributed by atoms with van der Waals surface area (Å²) in [6.07, 6.45) is 1.52. The molecule has 1 aliphatic rings. The highest BCUT2D eigenvalue weighted by atomic mass is 19.1. The number of anilines is 1. The molecule has 0 saturated heterocycles. The van der Waals surface area contributed by atoms with E-state index in [0.717, 1.165) is 15.7 Å². The van der Waals surface area contributed by atoms with Crippen molar-refractivity contribution in [1.82, 2.24) is 9.88 Å². The second kappa shape index (κ2) is 10.8. The fraction of sp³-hybridized carbons (Fsp3) is 0.308. The van der Waals surface area contributed by atoms with E-state index in [-0.39, 0.29) is 23.9 Å². The maximum Gasteiger partial charge on any atom is 0.520 e. The highest BCUT2D eigenvalue weighted by Gasteiger charge is 2.47. The Bertz CT molecular complexity index is 1460. The zero-order valence-electron chi connectivity index (χ0n) is 21.5. The van der Waals surface area contributed by atoms with E-state index in [1.54, 1.807) is 18.2 Å². The topological polar surface area (TPSA) is 122 Å². The van der Waals surface area contributed by atoms with Crippen molar-refractivity contribution in [1.29, 1.82) is 0 Å². The van der Waals surface area contributed by atoms with E-state index in [9.17, 15) is 14.4 Å². The maximum absolute atomic E-state index is 15.0. The molecule has 0 aliphatic carbocycles. The van der Waals surface area contributed by atoms with Gasteiger partial charge in [-0.2, -0.15) is 9.69 Å². The maximum atomic E-state index is 15.0. The van der Waals surface area contributed by atoms with Gasteiger partial charge >= 0.3 is 11.9 Å². The number of nitrogens with one attached hydrogen (secondary N) is 1. The van der Waals surface area contributed by atoms with Gasteiger partial charge in [0, 0.05) is 29.4 Å². The average Bonchev–Trinajstić information content (AvgIpc) is 2.89. The van der Waals surface area contributed by atoms with E-state index in [1.807, 2.05) is 13.8 Å². The van der Waals surface area contributed by atoms with Gasteiger partial charge in [-0.15, -0.1) is 4.70 Å². The predicted molar refractivity (Wildman–Crippen MR) is 134 cm³/mol. The first-order valence-electron chi connectivity index (χ1n) is 11.7. The quantitative estimate of drug-likeness (QED) is 0.346. The van der Waals surface area contributed by atoms with Gasteiger partial charge in [0.15, 0.2) is 23.1 Å². The number of hydrogen-bond acceptors (Lipinski definition) is 8. The van der Waals surface area contributed by atoms with Crippen molar-refractivity contribution in [3.8, 4) is 23.0 Å². The van der Waals surface area contributed by atoms with Crippen molar-refractivity contribution < 1.29 is 37.7 Å². The molecule has 3 aromatic rings. The molecular weight excluding hydrogens is 497 g/mol. The lowest BCUT2D eigenvalue weighted by atomic mass is 10.1. The number of hydrogen-bond donors (Lipinski definition) is 1. The Kier molecular flexibility index (Phi) is 7.51. The number of urea groups is 1. The van der Waals surface area contributed by atoms with E-state index >= 15 is 4.39 Å². The van der Waals surface area contributed by atoms with Gasteiger partial charge in [0.1, 0.15) is 12.8 Å². The Hall–Kier alpha value is -4.61. The Balaban J connectivity index is 1.54.